The molecule has 0 radical (unpaired) electrons. The summed E-state index contributed by atoms with van der Waals surface area (Å²) in [5, 5.41) is 0. The van der Waals surface area contributed by atoms with Crippen LogP contribution in [0.2, 0.25) is 0 Å². The van der Waals surface area contributed by atoms with E-state index in [0.717, 1.165) is 49.1 Å². The molecule has 0 N–H and O–H groups in total. The van der Waals surface area contributed by atoms with Crippen molar-refractivity contribution in [1.29, 1.82) is 0 Å². The number of hydrogen-bond donors (Lipinski definition) is 0. The van der Waals surface area contributed by atoms with E-state index in [9.17, 15) is 5.53 Å². The van der Waals surface area contributed by atoms with Crippen molar-refractivity contribution in [2.45, 2.75) is 144 Å². The second-order valence-electron chi connectivity index (χ2n) is 12.1. The number of allylic oxidation sites excluding steroid dienone is 2. The third-order valence-corrected chi connectivity index (χ3v) is 8.31. The van der Waals surface area contributed by atoms with E-state index in [1.807, 2.05) is 0 Å². The van der Waals surface area contributed by atoms with E-state index in [1.165, 1.54) is 121 Å². The van der Waals surface area contributed by atoms with Gasteiger partial charge in [-0.1, -0.05) is 91.7 Å². The molecule has 2 aromatic rings. The van der Waals surface area contributed by atoms with Crippen molar-refractivity contribution in [3.63, 3.8) is 0 Å². The van der Waals surface area contributed by atoms with Gasteiger partial charge in [-0.2, -0.15) is 0 Å². The van der Waals surface area contributed by atoms with E-state index < -0.39 is 0 Å². The first kappa shape index (κ1) is 38.2. The molecule has 0 bridgehead atoms. The first-order valence-corrected chi connectivity index (χ1v) is 21.9. The summed E-state index contributed by atoms with van der Waals surface area (Å²) in [6.07, 6.45) is 22.3. The average molecular weight is 759 g/mol. The van der Waals surface area contributed by atoms with Crippen LogP contribution >= 0.6 is 28.5 Å². The maximum atomic E-state index is 11.9. The van der Waals surface area contributed by atoms with E-state index >= 15 is 0 Å². The minimum atomic E-state index is 0.950. The Morgan fingerprint density at radius 2 is 0.930 bits per heavy atom. The molecule has 1 heterocycles. The molecule has 1 aliphatic rings. The molecule has 0 amide bonds. The fourth-order valence-electron chi connectivity index (χ4n) is 5.91. The molecule has 0 fully saturated rings. The summed E-state index contributed by atoms with van der Waals surface area (Å²) in [7, 11) is 1.25. The number of benzene rings is 2. The molecule has 43 heavy (non-hydrogen) atoms. The molecule has 242 valence electrons. The number of halogens is 2. The molecule has 0 saturated carbocycles. The first-order valence-electron chi connectivity index (χ1n) is 17.0. The van der Waals surface area contributed by atoms with Crippen LogP contribution in [0.1, 0.15) is 151 Å². The van der Waals surface area contributed by atoms with Crippen LogP contribution in [0.3, 0.4) is 0 Å². The molecule has 2 nitrogen and oxygen atoms in total. The van der Waals surface area contributed by atoms with Gasteiger partial charge in [0.1, 0.15) is 0 Å². The summed E-state index contributed by atoms with van der Waals surface area (Å²) in [5.74, 6) is 0. The quantitative estimate of drug-likeness (QED) is 0.0774. The van der Waals surface area contributed by atoms with Crippen LogP contribution in [-0.2, 0) is 36.6 Å². The van der Waals surface area contributed by atoms with Gasteiger partial charge in [0, 0.05) is 22.8 Å². The van der Waals surface area contributed by atoms with Gasteiger partial charge < -0.3 is 5.53 Å². The molecule has 0 aliphatic carbocycles. The maximum absolute atomic E-state index is 11.9. The first-order chi connectivity index (χ1) is 21.0. The van der Waals surface area contributed by atoms with Crippen LogP contribution in [0.25, 0.3) is 16.9 Å². The van der Waals surface area contributed by atoms with E-state index in [2.05, 4.69) is 106 Å². The molecule has 0 saturated heterocycles. The summed E-state index contributed by atoms with van der Waals surface area (Å²) in [6, 6.07) is 14.2. The van der Waals surface area contributed by atoms with Gasteiger partial charge in [0.15, 0.2) is 0 Å². The van der Waals surface area contributed by atoms with E-state index in [0.29, 0.717) is 0 Å². The monoisotopic (exact) mass is 756 g/mol. The Balaban J connectivity index is 0.00000206. The second kappa shape index (κ2) is 22.5. The summed E-state index contributed by atoms with van der Waals surface area (Å²) in [4.78, 5) is 0. The number of rotatable bonds is 19. The van der Waals surface area contributed by atoms with Crippen LogP contribution in [0.4, 0.5) is 0 Å². The molecular weight excluding hydrogens is 703 g/mol. The van der Waals surface area contributed by atoms with Gasteiger partial charge >= 0.3 is 39.3 Å². The average Bonchev–Trinajstić information content (AvgIpc) is 3.34. The summed E-state index contributed by atoms with van der Waals surface area (Å²) in [5.41, 5.74) is 23.1. The number of aryl methyl sites for hydroxylation is 4. The van der Waals surface area contributed by atoms with Gasteiger partial charge in [0.2, 0.25) is 11.4 Å². The van der Waals surface area contributed by atoms with E-state index in [4.69, 9.17) is 0 Å². The number of hydrogen-bond acceptors (Lipinski definition) is 0. The van der Waals surface area contributed by atoms with Gasteiger partial charge in [-0.25, -0.2) is 4.70 Å². The third-order valence-electron chi connectivity index (χ3n) is 8.31. The molecule has 3 rings (SSSR count). The SMILES string of the molecule is CCCCCCC1=C(c2cc(CCCC)cc(CCCC)c2)[N+](=[N-])C(c2cc(CCCC)cc(CCCC)c2)=C1.[Br][Ni][Br]. The summed E-state index contributed by atoms with van der Waals surface area (Å²) in [6.45, 7) is 11.3. The van der Waals surface area contributed by atoms with Crippen LogP contribution in [0.15, 0.2) is 48.0 Å². The Hall–Kier alpha value is -1.03. The fourth-order valence-corrected chi connectivity index (χ4v) is 5.91. The van der Waals surface area contributed by atoms with Gasteiger partial charge in [0.25, 0.3) is 0 Å². The van der Waals surface area contributed by atoms with Gasteiger partial charge in [-0.3, -0.25) is 0 Å². The molecule has 0 aromatic heterocycles. The van der Waals surface area contributed by atoms with E-state index in [-0.39, 0.29) is 0 Å². The molecule has 5 heteroatoms. The van der Waals surface area contributed by atoms with Crippen LogP contribution in [-0.4, -0.2) is 4.70 Å². The van der Waals surface area contributed by atoms with Crippen LogP contribution in [0.5, 0.6) is 0 Å². The van der Waals surface area contributed by atoms with Crippen LogP contribution < -0.4 is 0 Å². The Morgan fingerprint density at radius 3 is 1.33 bits per heavy atom. The van der Waals surface area contributed by atoms with Crippen LogP contribution in [0, 0.1) is 0 Å². The number of unbranched alkanes of at least 4 members (excludes halogenated alkanes) is 7. The van der Waals surface area contributed by atoms with E-state index in [1.54, 1.807) is 4.70 Å². The fraction of sp³-hybridized carbons (Fsp3) is 0.579. The topological polar surface area (TPSA) is 25.3 Å². The molecule has 0 unspecified atom stereocenters. The molecule has 0 spiro atoms. The molecular formula is C38H56Br2N2Ni. The third kappa shape index (κ3) is 13.1. The Bertz CT molecular complexity index is 1130. The van der Waals surface area contributed by atoms with Crippen molar-refractivity contribution < 1.29 is 15.6 Å². The zero-order valence-corrected chi connectivity index (χ0v) is 31.7. The minimum absolute atomic E-state index is 0.950. The Kier molecular flexibility index (Phi) is 19.9. The molecule has 2 aromatic carbocycles. The normalized spacial score (nSPS) is 13.0. The molecule has 0 atom stereocenters. The van der Waals surface area contributed by atoms with Gasteiger partial charge in [-0.15, -0.1) is 0 Å². The summed E-state index contributed by atoms with van der Waals surface area (Å²) >= 11 is 6.00. The Morgan fingerprint density at radius 1 is 0.535 bits per heavy atom. The van der Waals surface area contributed by atoms with Crippen molar-refractivity contribution >= 4 is 39.8 Å². The van der Waals surface area contributed by atoms with Gasteiger partial charge in [-0.05, 0) is 111 Å². The van der Waals surface area contributed by atoms with Crippen molar-refractivity contribution in [2.75, 3.05) is 0 Å². The molecule has 1 aliphatic heterocycles. The standard InChI is InChI=1S/C38H56N2.2BrH.Ni/c1-6-11-16-17-22-34-29-37(35-25-30(18-12-7-2)23-31(26-35)19-13-8-3)40(39)38(34)36-27-32(20-14-9-4)24-33(28-36)21-15-10-5;;;/h23-29H,6-22H2,1-5H3;2*1H;/q;;;+2/p-2. The van der Waals surface area contributed by atoms with Crippen molar-refractivity contribution in [3.05, 3.63) is 87.0 Å². The zero-order chi connectivity index (χ0) is 31.5. The van der Waals surface area contributed by atoms with Crippen molar-refractivity contribution in [1.82, 2.24) is 0 Å². The van der Waals surface area contributed by atoms with Crippen molar-refractivity contribution in [3.8, 4) is 0 Å². The Labute approximate surface area is 284 Å². The number of nitrogens with zero attached hydrogens (tertiary/aromatic N) is 2. The second-order valence-corrected chi connectivity index (χ2v) is 17.0. The van der Waals surface area contributed by atoms with Gasteiger partial charge in [0.05, 0.1) is 0 Å². The summed E-state index contributed by atoms with van der Waals surface area (Å²) < 4.78 is 1.54. The predicted molar refractivity (Wildman–Crippen MR) is 192 cm³/mol. The van der Waals surface area contributed by atoms with Crippen molar-refractivity contribution in [2.24, 2.45) is 0 Å². The predicted octanol–water partition coefficient (Wildman–Crippen LogP) is 13.5. The zero-order valence-electron chi connectivity index (χ0n) is 27.5.